The monoisotopic (exact) mass is 403 g/mol. The van der Waals surface area contributed by atoms with Crippen LogP contribution < -0.4 is 5.32 Å². The van der Waals surface area contributed by atoms with Gasteiger partial charge in [0.2, 0.25) is 5.78 Å². The van der Waals surface area contributed by atoms with Crippen molar-refractivity contribution in [3.05, 3.63) is 75.4 Å². The fourth-order valence-electron chi connectivity index (χ4n) is 3.20. The Bertz CT molecular complexity index is 1110. The minimum atomic E-state index is -2.88. The van der Waals surface area contributed by atoms with Crippen LogP contribution in [0.25, 0.3) is 11.1 Å². The van der Waals surface area contributed by atoms with E-state index in [1.54, 1.807) is 25.1 Å². The van der Waals surface area contributed by atoms with Gasteiger partial charge >= 0.3 is 0 Å². The van der Waals surface area contributed by atoms with Crippen LogP contribution in [0, 0.1) is 12.7 Å². The van der Waals surface area contributed by atoms with E-state index in [0.717, 1.165) is 11.3 Å². The van der Waals surface area contributed by atoms with E-state index in [0.29, 0.717) is 11.1 Å². The molecule has 0 saturated heterocycles. The van der Waals surface area contributed by atoms with Gasteiger partial charge in [-0.3, -0.25) is 9.59 Å². The minimum absolute atomic E-state index is 0.0424. The van der Waals surface area contributed by atoms with Gasteiger partial charge in [-0.25, -0.2) is 8.78 Å². The first kappa shape index (κ1) is 17.8. The van der Waals surface area contributed by atoms with Crippen LogP contribution in [0.15, 0.2) is 48.5 Å². The first-order valence-corrected chi connectivity index (χ1v) is 9.22. The van der Waals surface area contributed by atoms with Gasteiger partial charge in [0.1, 0.15) is 15.2 Å². The Morgan fingerprint density at radius 2 is 1.81 bits per heavy atom. The van der Waals surface area contributed by atoms with Crippen molar-refractivity contribution in [2.24, 2.45) is 0 Å². The molecule has 1 aromatic heterocycles. The molecule has 1 aliphatic heterocycles. The Balaban J connectivity index is 1.94. The van der Waals surface area contributed by atoms with Crippen LogP contribution in [0.3, 0.4) is 0 Å². The predicted molar refractivity (Wildman–Crippen MR) is 102 cm³/mol. The molecular formula is C20H12ClF2NO2S. The molecule has 1 N–H and O–H groups in total. The van der Waals surface area contributed by atoms with Crippen molar-refractivity contribution in [2.75, 3.05) is 5.32 Å². The summed E-state index contributed by atoms with van der Waals surface area (Å²) in [5, 5.41) is 2.61. The van der Waals surface area contributed by atoms with Gasteiger partial charge in [-0.2, -0.15) is 0 Å². The summed E-state index contributed by atoms with van der Waals surface area (Å²) in [6.07, 6.45) is 0. The van der Waals surface area contributed by atoms with Crippen LogP contribution in [-0.4, -0.2) is 11.7 Å². The number of Topliss-reactive ketones (excluding diaryl/α,β-unsaturated/α-hetero) is 1. The highest BCUT2D eigenvalue weighted by atomic mass is 35.5. The third-order valence-electron chi connectivity index (χ3n) is 4.47. The third kappa shape index (κ3) is 2.67. The normalized spacial score (nSPS) is 19.0. The smallest absolute Gasteiger partial charge is 0.276 e. The molecule has 0 saturated carbocycles. The van der Waals surface area contributed by atoms with E-state index in [9.17, 15) is 14.0 Å². The average molecular weight is 404 g/mol. The van der Waals surface area contributed by atoms with Crippen LogP contribution in [0.4, 0.5) is 13.8 Å². The predicted octanol–water partition coefficient (Wildman–Crippen LogP) is 5.52. The van der Waals surface area contributed by atoms with Gasteiger partial charge in [-0.1, -0.05) is 53.6 Å². The van der Waals surface area contributed by atoms with E-state index in [4.69, 9.17) is 11.6 Å². The average Bonchev–Trinajstić information content (AvgIpc) is 2.95. The summed E-state index contributed by atoms with van der Waals surface area (Å²) in [6, 6.07) is 11.7. The zero-order valence-electron chi connectivity index (χ0n) is 14.0. The lowest BCUT2D eigenvalue weighted by molar-refractivity contribution is -0.125. The topological polar surface area (TPSA) is 46.2 Å². The van der Waals surface area contributed by atoms with Gasteiger partial charge in [0.05, 0.1) is 5.56 Å². The Morgan fingerprint density at radius 1 is 1.07 bits per heavy atom. The van der Waals surface area contributed by atoms with Crippen LogP contribution in [0.2, 0.25) is 4.34 Å². The lowest BCUT2D eigenvalue weighted by atomic mass is 9.82. The summed E-state index contributed by atoms with van der Waals surface area (Å²) >= 11 is 7.22. The van der Waals surface area contributed by atoms with Crippen molar-refractivity contribution in [1.29, 1.82) is 0 Å². The fourth-order valence-corrected chi connectivity index (χ4v) is 4.57. The first-order chi connectivity index (χ1) is 12.8. The molecule has 3 aromatic rings. The maximum Gasteiger partial charge on any atom is 0.276 e. The van der Waals surface area contributed by atoms with Crippen LogP contribution in [0.5, 0.6) is 0 Å². The minimum Gasteiger partial charge on any atom is -0.313 e. The molecule has 0 radical (unpaired) electrons. The maximum atomic E-state index is 15.9. The molecule has 0 fully saturated rings. The molecule has 1 unspecified atom stereocenters. The highest BCUT2D eigenvalue weighted by molar-refractivity contribution is 7.21. The summed E-state index contributed by atoms with van der Waals surface area (Å²) < 4.78 is 29.7. The summed E-state index contributed by atoms with van der Waals surface area (Å²) in [7, 11) is 0. The van der Waals surface area contributed by atoms with Gasteiger partial charge < -0.3 is 5.32 Å². The SMILES string of the molecule is Cc1cccc(C2(F)C(=O)Nc3sc(Cl)c(-c4cccc(F)c4)c3C2=O)c1. The lowest BCUT2D eigenvalue weighted by Gasteiger charge is -2.28. The second-order valence-electron chi connectivity index (χ2n) is 6.28. The van der Waals surface area contributed by atoms with Crippen LogP contribution in [-0.2, 0) is 10.5 Å². The van der Waals surface area contributed by atoms with Crippen LogP contribution in [0.1, 0.15) is 21.5 Å². The van der Waals surface area contributed by atoms with Crippen LogP contribution >= 0.6 is 22.9 Å². The Kier molecular flexibility index (Phi) is 4.13. The van der Waals surface area contributed by atoms with Crippen molar-refractivity contribution in [3.63, 3.8) is 0 Å². The van der Waals surface area contributed by atoms with Crippen molar-refractivity contribution in [1.82, 2.24) is 0 Å². The first-order valence-electron chi connectivity index (χ1n) is 8.03. The number of thiophene rings is 1. The molecule has 4 rings (SSSR count). The number of ketones is 1. The lowest BCUT2D eigenvalue weighted by Crippen LogP contribution is -2.47. The summed E-state index contributed by atoms with van der Waals surface area (Å²) in [5.41, 5.74) is -1.71. The number of alkyl halides is 1. The Labute approximate surface area is 162 Å². The molecule has 1 amide bonds. The molecule has 0 spiro atoms. The number of rotatable bonds is 2. The standard InChI is InChI=1S/C20H12ClF2NO2S/c1-10-4-2-6-12(8-10)20(23)16(25)15-14(11-5-3-7-13(22)9-11)17(21)27-18(15)24-19(20)26/h2-9H,1H3,(H,24,26). The maximum absolute atomic E-state index is 15.9. The van der Waals surface area contributed by atoms with Gasteiger partial charge in [0.25, 0.3) is 11.6 Å². The summed E-state index contributed by atoms with van der Waals surface area (Å²) in [4.78, 5) is 25.7. The third-order valence-corrected chi connectivity index (χ3v) is 5.79. The van der Waals surface area contributed by atoms with Crippen molar-refractivity contribution in [3.8, 4) is 11.1 Å². The highest BCUT2D eigenvalue weighted by Crippen LogP contribution is 2.49. The molecule has 136 valence electrons. The quantitative estimate of drug-likeness (QED) is 0.573. The van der Waals surface area contributed by atoms with E-state index in [2.05, 4.69) is 5.32 Å². The molecule has 2 heterocycles. The molecule has 7 heteroatoms. The zero-order valence-corrected chi connectivity index (χ0v) is 15.5. The molecule has 0 bridgehead atoms. The van der Waals surface area contributed by atoms with E-state index in [1.807, 2.05) is 0 Å². The molecule has 1 aliphatic rings. The number of carbonyl (C=O) groups is 2. The Hall–Kier alpha value is -2.57. The van der Waals surface area contributed by atoms with Gasteiger partial charge in [-0.15, -0.1) is 11.3 Å². The second-order valence-corrected chi connectivity index (χ2v) is 7.90. The number of carbonyl (C=O) groups excluding carboxylic acids is 2. The number of nitrogens with one attached hydrogen (secondary N) is 1. The molecule has 0 aliphatic carbocycles. The van der Waals surface area contributed by atoms with Crippen molar-refractivity contribution >= 4 is 39.6 Å². The second kappa shape index (κ2) is 6.25. The molecule has 3 nitrogen and oxygen atoms in total. The molecular weight excluding hydrogens is 392 g/mol. The number of halogens is 3. The molecule has 27 heavy (non-hydrogen) atoms. The van der Waals surface area contributed by atoms with E-state index in [-0.39, 0.29) is 26.0 Å². The van der Waals surface area contributed by atoms with E-state index >= 15 is 4.39 Å². The highest BCUT2D eigenvalue weighted by Gasteiger charge is 2.54. The number of anilines is 1. The summed E-state index contributed by atoms with van der Waals surface area (Å²) in [6.45, 7) is 1.74. The number of hydrogen-bond donors (Lipinski definition) is 1. The number of aryl methyl sites for hydroxylation is 1. The number of amides is 1. The molecule has 2 aromatic carbocycles. The largest absolute Gasteiger partial charge is 0.313 e. The van der Waals surface area contributed by atoms with E-state index < -0.39 is 23.2 Å². The van der Waals surface area contributed by atoms with Gasteiger partial charge in [0, 0.05) is 11.1 Å². The van der Waals surface area contributed by atoms with Gasteiger partial charge in [0.15, 0.2) is 0 Å². The van der Waals surface area contributed by atoms with Crippen molar-refractivity contribution < 1.29 is 18.4 Å². The summed E-state index contributed by atoms with van der Waals surface area (Å²) in [5.74, 6) is -2.58. The Morgan fingerprint density at radius 3 is 2.52 bits per heavy atom. The zero-order chi connectivity index (χ0) is 19.3. The molecule has 1 atom stereocenters. The number of benzene rings is 2. The number of hydrogen-bond acceptors (Lipinski definition) is 3. The van der Waals surface area contributed by atoms with E-state index in [1.165, 1.54) is 30.3 Å². The number of fused-ring (bicyclic) bond motifs is 1. The fraction of sp³-hybridized carbons (Fsp3) is 0.100. The van der Waals surface area contributed by atoms with Gasteiger partial charge in [-0.05, 0) is 24.6 Å². The van der Waals surface area contributed by atoms with Crippen molar-refractivity contribution in [2.45, 2.75) is 12.6 Å².